The molecule has 0 radical (unpaired) electrons. The first-order chi connectivity index (χ1) is 21.1. The van der Waals surface area contributed by atoms with Gasteiger partial charge in [-0.25, -0.2) is 0 Å². The maximum absolute atomic E-state index is 4.23. The van der Waals surface area contributed by atoms with Gasteiger partial charge in [0.15, 0.2) is 0 Å². The highest BCUT2D eigenvalue weighted by Crippen LogP contribution is 2.58. The SMILES string of the molecule is C=Cc1cc(C(=C)C)cc(-c2ccc3c4c(cccc24)-c2c-3c(-c3ccccc3)c3ccccc3c2-c2ccccc2)c1. The molecular weight excluding hydrogens is 516 g/mol. The Kier molecular flexibility index (Phi) is 5.77. The molecule has 0 aliphatic heterocycles. The molecule has 0 atom stereocenters. The lowest BCUT2D eigenvalue weighted by atomic mass is 9.82. The minimum absolute atomic E-state index is 1.05. The van der Waals surface area contributed by atoms with Crippen LogP contribution in [-0.2, 0) is 0 Å². The van der Waals surface area contributed by atoms with Gasteiger partial charge in [0.25, 0.3) is 0 Å². The molecule has 0 heteroatoms. The predicted molar refractivity (Wildman–Crippen MR) is 187 cm³/mol. The van der Waals surface area contributed by atoms with Gasteiger partial charge in [-0.2, -0.15) is 0 Å². The number of fused-ring (bicyclic) bond motifs is 4. The van der Waals surface area contributed by atoms with Crippen LogP contribution in [0.15, 0.2) is 147 Å². The number of rotatable bonds is 5. The summed E-state index contributed by atoms with van der Waals surface area (Å²) in [5.74, 6) is 0. The van der Waals surface area contributed by atoms with E-state index in [0.29, 0.717) is 0 Å². The summed E-state index contributed by atoms with van der Waals surface area (Å²) in [6, 6.07) is 48.9. The van der Waals surface area contributed by atoms with Crippen molar-refractivity contribution in [2.45, 2.75) is 6.92 Å². The Morgan fingerprint density at radius 3 is 1.60 bits per heavy atom. The Morgan fingerprint density at radius 2 is 1.02 bits per heavy atom. The molecule has 202 valence electrons. The molecule has 0 N–H and O–H groups in total. The van der Waals surface area contributed by atoms with Gasteiger partial charge < -0.3 is 0 Å². The van der Waals surface area contributed by atoms with Crippen LogP contribution in [0.4, 0.5) is 0 Å². The monoisotopic (exact) mass is 546 g/mol. The highest BCUT2D eigenvalue weighted by atomic mass is 14.3. The Hall–Kier alpha value is -5.46. The predicted octanol–water partition coefficient (Wildman–Crippen LogP) is 12.3. The Balaban J connectivity index is 1.53. The molecule has 0 spiro atoms. The van der Waals surface area contributed by atoms with Crippen molar-refractivity contribution in [1.29, 1.82) is 0 Å². The van der Waals surface area contributed by atoms with Gasteiger partial charge in [0.05, 0.1) is 0 Å². The Bertz CT molecular complexity index is 2160. The van der Waals surface area contributed by atoms with Crippen LogP contribution in [0.25, 0.3) is 88.8 Å². The average Bonchev–Trinajstić information content (AvgIpc) is 3.39. The maximum atomic E-state index is 4.23. The third kappa shape index (κ3) is 3.84. The molecule has 0 saturated carbocycles. The highest BCUT2D eigenvalue weighted by Gasteiger charge is 2.31. The molecule has 1 aliphatic rings. The molecule has 0 fully saturated rings. The van der Waals surface area contributed by atoms with Gasteiger partial charge >= 0.3 is 0 Å². The van der Waals surface area contributed by atoms with Crippen molar-refractivity contribution in [1.82, 2.24) is 0 Å². The third-order valence-corrected chi connectivity index (χ3v) is 8.91. The molecule has 8 rings (SSSR count). The molecule has 7 aromatic rings. The van der Waals surface area contributed by atoms with Crippen molar-refractivity contribution >= 4 is 33.2 Å². The molecule has 0 bridgehead atoms. The van der Waals surface area contributed by atoms with Crippen LogP contribution in [0.3, 0.4) is 0 Å². The summed E-state index contributed by atoms with van der Waals surface area (Å²) in [5.41, 5.74) is 16.0. The lowest BCUT2D eigenvalue weighted by Crippen LogP contribution is -1.93. The van der Waals surface area contributed by atoms with Crippen molar-refractivity contribution in [3.05, 3.63) is 158 Å². The number of hydrogen-bond donors (Lipinski definition) is 0. The summed E-state index contributed by atoms with van der Waals surface area (Å²) in [6.07, 6.45) is 1.93. The van der Waals surface area contributed by atoms with Gasteiger partial charge in [-0.3, -0.25) is 0 Å². The summed E-state index contributed by atoms with van der Waals surface area (Å²) >= 11 is 0. The smallest absolute Gasteiger partial charge is 0.000741 e. The van der Waals surface area contributed by atoms with Crippen LogP contribution in [0.2, 0.25) is 0 Å². The molecule has 0 heterocycles. The average molecular weight is 547 g/mol. The van der Waals surface area contributed by atoms with Crippen LogP contribution < -0.4 is 0 Å². The standard InChI is InChI=1S/C43H30/c1-4-28-24-31(27(2)3)26-32(25-28)33-22-23-38-41-34(33)20-13-21-37(41)42-39(29-14-7-5-8-15-29)35-18-11-12-19-36(35)40(43(38)42)30-16-9-6-10-17-30/h4-26H,1-2H2,3H3. The first-order valence-corrected chi connectivity index (χ1v) is 14.8. The quantitative estimate of drug-likeness (QED) is 0.201. The minimum atomic E-state index is 1.05. The first-order valence-electron chi connectivity index (χ1n) is 14.8. The van der Waals surface area contributed by atoms with E-state index in [4.69, 9.17) is 0 Å². The van der Waals surface area contributed by atoms with E-state index in [0.717, 1.165) is 16.7 Å². The second kappa shape index (κ2) is 9.82. The summed E-state index contributed by atoms with van der Waals surface area (Å²) in [6.45, 7) is 10.4. The molecule has 43 heavy (non-hydrogen) atoms. The molecule has 7 aromatic carbocycles. The van der Waals surface area contributed by atoms with Crippen LogP contribution in [0.1, 0.15) is 18.1 Å². The minimum Gasteiger partial charge on any atom is -0.0985 e. The summed E-state index contributed by atoms with van der Waals surface area (Å²) < 4.78 is 0. The maximum Gasteiger partial charge on any atom is -0.000741 e. The van der Waals surface area contributed by atoms with E-state index >= 15 is 0 Å². The van der Waals surface area contributed by atoms with Crippen molar-refractivity contribution in [3.63, 3.8) is 0 Å². The summed E-state index contributed by atoms with van der Waals surface area (Å²) in [4.78, 5) is 0. The second-order valence-electron chi connectivity index (χ2n) is 11.5. The summed E-state index contributed by atoms with van der Waals surface area (Å²) in [7, 11) is 0. The van der Waals surface area contributed by atoms with Crippen LogP contribution in [-0.4, -0.2) is 0 Å². The fourth-order valence-corrected chi connectivity index (χ4v) is 7.03. The zero-order valence-corrected chi connectivity index (χ0v) is 24.2. The van der Waals surface area contributed by atoms with E-state index in [1.165, 1.54) is 77.2 Å². The van der Waals surface area contributed by atoms with Crippen LogP contribution in [0, 0.1) is 0 Å². The van der Waals surface area contributed by atoms with Gasteiger partial charge in [0.2, 0.25) is 0 Å². The topological polar surface area (TPSA) is 0 Å². The van der Waals surface area contributed by atoms with Crippen molar-refractivity contribution in [2.24, 2.45) is 0 Å². The number of allylic oxidation sites excluding steroid dienone is 1. The number of hydrogen-bond acceptors (Lipinski definition) is 0. The fourth-order valence-electron chi connectivity index (χ4n) is 7.03. The van der Waals surface area contributed by atoms with E-state index in [-0.39, 0.29) is 0 Å². The van der Waals surface area contributed by atoms with Gasteiger partial charge in [-0.15, -0.1) is 0 Å². The van der Waals surface area contributed by atoms with Gasteiger partial charge in [0, 0.05) is 0 Å². The zero-order valence-electron chi connectivity index (χ0n) is 24.2. The lowest BCUT2D eigenvalue weighted by molar-refractivity contribution is 1.55. The first kappa shape index (κ1) is 25.3. The molecule has 1 aliphatic carbocycles. The molecule has 0 amide bonds. The van der Waals surface area contributed by atoms with Gasteiger partial charge in [0.1, 0.15) is 0 Å². The third-order valence-electron chi connectivity index (χ3n) is 8.91. The molecule has 0 unspecified atom stereocenters. The van der Waals surface area contributed by atoms with Gasteiger partial charge in [-0.05, 0) is 113 Å². The van der Waals surface area contributed by atoms with Crippen molar-refractivity contribution in [3.8, 4) is 55.6 Å². The fraction of sp³-hybridized carbons (Fsp3) is 0.0233. The largest absolute Gasteiger partial charge is 0.0985 e. The van der Waals surface area contributed by atoms with Crippen molar-refractivity contribution < 1.29 is 0 Å². The number of benzene rings is 7. The summed E-state index contributed by atoms with van der Waals surface area (Å²) in [5, 5.41) is 5.14. The Morgan fingerprint density at radius 1 is 0.488 bits per heavy atom. The van der Waals surface area contributed by atoms with Crippen LogP contribution in [0.5, 0.6) is 0 Å². The highest BCUT2D eigenvalue weighted by molar-refractivity contribution is 6.28. The molecule has 0 nitrogen and oxygen atoms in total. The molecule has 0 saturated heterocycles. The normalized spacial score (nSPS) is 11.6. The van der Waals surface area contributed by atoms with E-state index in [1.807, 2.05) is 6.08 Å². The van der Waals surface area contributed by atoms with Crippen molar-refractivity contribution in [2.75, 3.05) is 0 Å². The van der Waals surface area contributed by atoms with Crippen LogP contribution >= 0.6 is 0 Å². The van der Waals surface area contributed by atoms with E-state index in [1.54, 1.807) is 0 Å². The lowest BCUT2D eigenvalue weighted by Gasteiger charge is -2.20. The second-order valence-corrected chi connectivity index (χ2v) is 11.5. The van der Waals surface area contributed by atoms with Gasteiger partial charge in [-0.1, -0.05) is 140 Å². The molecule has 0 aromatic heterocycles. The van der Waals surface area contributed by atoms with E-state index in [2.05, 4.69) is 154 Å². The zero-order chi connectivity index (χ0) is 29.1. The molecular formula is C43H30. The van der Waals surface area contributed by atoms with E-state index in [9.17, 15) is 0 Å². The Labute approximate surface area is 252 Å². The van der Waals surface area contributed by atoms with E-state index < -0.39 is 0 Å².